The second kappa shape index (κ2) is 4.31. The molecule has 2 unspecified atom stereocenters. The SMILES string of the molecule is CNCC1CC(C)Cc2c(F)cccc21. The van der Waals surface area contributed by atoms with E-state index < -0.39 is 0 Å². The molecule has 15 heavy (non-hydrogen) atoms. The van der Waals surface area contributed by atoms with E-state index in [1.807, 2.05) is 13.1 Å². The van der Waals surface area contributed by atoms with E-state index in [1.165, 1.54) is 5.56 Å². The van der Waals surface area contributed by atoms with Crippen molar-refractivity contribution in [1.82, 2.24) is 5.32 Å². The van der Waals surface area contributed by atoms with Crippen LogP contribution >= 0.6 is 0 Å². The van der Waals surface area contributed by atoms with Crippen molar-refractivity contribution in [2.75, 3.05) is 13.6 Å². The van der Waals surface area contributed by atoms with Crippen molar-refractivity contribution in [2.45, 2.75) is 25.7 Å². The quantitative estimate of drug-likeness (QED) is 0.786. The number of benzene rings is 1. The fourth-order valence-electron chi connectivity index (χ4n) is 2.66. The molecule has 1 N–H and O–H groups in total. The van der Waals surface area contributed by atoms with Crippen LogP contribution in [-0.2, 0) is 6.42 Å². The Kier molecular flexibility index (Phi) is 3.06. The topological polar surface area (TPSA) is 12.0 Å². The van der Waals surface area contributed by atoms with Crippen LogP contribution in [0, 0.1) is 11.7 Å². The Hall–Kier alpha value is -0.890. The summed E-state index contributed by atoms with van der Waals surface area (Å²) in [4.78, 5) is 0. The van der Waals surface area contributed by atoms with Gasteiger partial charge in [0.05, 0.1) is 0 Å². The van der Waals surface area contributed by atoms with Crippen LogP contribution in [0.5, 0.6) is 0 Å². The van der Waals surface area contributed by atoms with Gasteiger partial charge in [-0.2, -0.15) is 0 Å². The first kappa shape index (κ1) is 10.6. The Labute approximate surface area is 90.7 Å². The van der Waals surface area contributed by atoms with Crippen LogP contribution in [-0.4, -0.2) is 13.6 Å². The van der Waals surface area contributed by atoms with E-state index in [4.69, 9.17) is 0 Å². The summed E-state index contributed by atoms with van der Waals surface area (Å²) in [6.45, 7) is 3.15. The largest absolute Gasteiger partial charge is 0.319 e. The van der Waals surface area contributed by atoms with Gasteiger partial charge >= 0.3 is 0 Å². The molecule has 0 bridgehead atoms. The zero-order valence-corrected chi connectivity index (χ0v) is 9.39. The zero-order chi connectivity index (χ0) is 10.8. The Morgan fingerprint density at radius 1 is 1.47 bits per heavy atom. The van der Waals surface area contributed by atoms with E-state index in [0.29, 0.717) is 11.8 Å². The lowest BCUT2D eigenvalue weighted by molar-refractivity contribution is 0.410. The number of hydrogen-bond acceptors (Lipinski definition) is 1. The molecule has 1 aliphatic carbocycles. The molecular weight excluding hydrogens is 189 g/mol. The summed E-state index contributed by atoms with van der Waals surface area (Å²) in [6.07, 6.45) is 2.06. The number of fused-ring (bicyclic) bond motifs is 1. The van der Waals surface area contributed by atoms with Gasteiger partial charge in [0.1, 0.15) is 5.82 Å². The molecule has 1 aromatic carbocycles. The second-order valence-corrected chi connectivity index (χ2v) is 4.61. The predicted octanol–water partition coefficient (Wildman–Crippen LogP) is 2.71. The summed E-state index contributed by atoms with van der Waals surface area (Å²) in [5.41, 5.74) is 2.15. The minimum atomic E-state index is -0.0276. The van der Waals surface area contributed by atoms with E-state index in [2.05, 4.69) is 18.3 Å². The molecule has 1 nitrogen and oxygen atoms in total. The van der Waals surface area contributed by atoms with Gasteiger partial charge in [-0.1, -0.05) is 19.1 Å². The van der Waals surface area contributed by atoms with E-state index in [1.54, 1.807) is 6.07 Å². The highest BCUT2D eigenvalue weighted by molar-refractivity contribution is 5.34. The van der Waals surface area contributed by atoms with Crippen LogP contribution < -0.4 is 5.32 Å². The molecule has 0 amide bonds. The molecule has 0 fully saturated rings. The van der Waals surface area contributed by atoms with Gasteiger partial charge in [-0.3, -0.25) is 0 Å². The van der Waals surface area contributed by atoms with Crippen LogP contribution in [0.25, 0.3) is 0 Å². The molecule has 0 aromatic heterocycles. The number of halogens is 1. The predicted molar refractivity (Wildman–Crippen MR) is 60.6 cm³/mol. The molecule has 1 aliphatic rings. The van der Waals surface area contributed by atoms with E-state index >= 15 is 0 Å². The summed E-state index contributed by atoms with van der Waals surface area (Å²) in [5.74, 6) is 1.04. The maximum atomic E-state index is 13.6. The van der Waals surface area contributed by atoms with Gasteiger partial charge < -0.3 is 5.32 Å². The van der Waals surface area contributed by atoms with Gasteiger partial charge in [-0.05, 0) is 48.9 Å². The molecule has 2 rings (SSSR count). The Balaban J connectivity index is 2.37. The van der Waals surface area contributed by atoms with Crippen molar-refractivity contribution in [3.05, 3.63) is 35.1 Å². The molecule has 0 saturated heterocycles. The molecule has 0 heterocycles. The summed E-state index contributed by atoms with van der Waals surface area (Å²) in [7, 11) is 1.96. The van der Waals surface area contributed by atoms with Crippen molar-refractivity contribution < 1.29 is 4.39 Å². The van der Waals surface area contributed by atoms with Gasteiger partial charge in [-0.15, -0.1) is 0 Å². The normalized spacial score (nSPS) is 25.0. The standard InChI is InChI=1S/C13H18FN/c1-9-6-10(8-15-2)11-4-3-5-13(14)12(11)7-9/h3-5,9-10,15H,6-8H2,1-2H3. The number of nitrogens with one attached hydrogen (secondary N) is 1. The fraction of sp³-hybridized carbons (Fsp3) is 0.538. The average Bonchev–Trinajstić information content (AvgIpc) is 2.20. The van der Waals surface area contributed by atoms with E-state index in [9.17, 15) is 4.39 Å². The molecule has 0 radical (unpaired) electrons. The van der Waals surface area contributed by atoms with Gasteiger partial charge in [0.2, 0.25) is 0 Å². The van der Waals surface area contributed by atoms with Crippen molar-refractivity contribution >= 4 is 0 Å². The maximum absolute atomic E-state index is 13.6. The lowest BCUT2D eigenvalue weighted by Crippen LogP contribution is -2.25. The molecule has 82 valence electrons. The highest BCUT2D eigenvalue weighted by Gasteiger charge is 2.25. The van der Waals surface area contributed by atoms with Crippen LogP contribution in [0.3, 0.4) is 0 Å². The molecule has 1 aromatic rings. The minimum Gasteiger partial charge on any atom is -0.319 e. The van der Waals surface area contributed by atoms with Crippen LogP contribution in [0.4, 0.5) is 4.39 Å². The lowest BCUT2D eigenvalue weighted by Gasteiger charge is -2.29. The van der Waals surface area contributed by atoms with Crippen molar-refractivity contribution in [2.24, 2.45) is 5.92 Å². The highest BCUT2D eigenvalue weighted by atomic mass is 19.1. The number of likely N-dealkylation sites (N-methyl/N-ethyl adjacent to an activating group) is 1. The van der Waals surface area contributed by atoms with Gasteiger partial charge in [0.15, 0.2) is 0 Å². The van der Waals surface area contributed by atoms with Crippen molar-refractivity contribution in [3.8, 4) is 0 Å². The molecular formula is C13H18FN. The Morgan fingerprint density at radius 3 is 3.00 bits per heavy atom. The lowest BCUT2D eigenvalue weighted by atomic mass is 9.77. The first-order chi connectivity index (χ1) is 7.22. The Morgan fingerprint density at radius 2 is 2.27 bits per heavy atom. The summed E-state index contributed by atoms with van der Waals surface area (Å²) in [6, 6.07) is 5.48. The number of rotatable bonds is 2. The first-order valence-electron chi connectivity index (χ1n) is 5.64. The van der Waals surface area contributed by atoms with Crippen molar-refractivity contribution in [3.63, 3.8) is 0 Å². The maximum Gasteiger partial charge on any atom is 0.126 e. The minimum absolute atomic E-state index is 0.0276. The van der Waals surface area contributed by atoms with Crippen LogP contribution in [0.1, 0.15) is 30.4 Å². The third-order valence-electron chi connectivity index (χ3n) is 3.28. The van der Waals surface area contributed by atoms with E-state index in [-0.39, 0.29) is 5.82 Å². The Bertz CT molecular complexity index is 348. The monoisotopic (exact) mass is 207 g/mol. The third kappa shape index (κ3) is 2.05. The van der Waals surface area contributed by atoms with Crippen LogP contribution in [0.2, 0.25) is 0 Å². The fourth-order valence-corrected chi connectivity index (χ4v) is 2.66. The van der Waals surface area contributed by atoms with Crippen LogP contribution in [0.15, 0.2) is 18.2 Å². The highest BCUT2D eigenvalue weighted by Crippen LogP contribution is 2.35. The number of hydrogen-bond donors (Lipinski definition) is 1. The smallest absolute Gasteiger partial charge is 0.126 e. The molecule has 2 heteroatoms. The van der Waals surface area contributed by atoms with Gasteiger partial charge in [0.25, 0.3) is 0 Å². The molecule has 0 aliphatic heterocycles. The first-order valence-corrected chi connectivity index (χ1v) is 5.64. The summed E-state index contributed by atoms with van der Waals surface area (Å²) < 4.78 is 13.6. The van der Waals surface area contributed by atoms with Crippen molar-refractivity contribution in [1.29, 1.82) is 0 Å². The molecule has 2 atom stereocenters. The van der Waals surface area contributed by atoms with E-state index in [0.717, 1.165) is 24.9 Å². The summed E-state index contributed by atoms with van der Waals surface area (Å²) in [5, 5.41) is 3.20. The van der Waals surface area contributed by atoms with Gasteiger partial charge in [-0.25, -0.2) is 4.39 Å². The second-order valence-electron chi connectivity index (χ2n) is 4.61. The van der Waals surface area contributed by atoms with Gasteiger partial charge in [0, 0.05) is 6.54 Å². The molecule has 0 saturated carbocycles. The molecule has 0 spiro atoms. The zero-order valence-electron chi connectivity index (χ0n) is 9.39. The summed E-state index contributed by atoms with van der Waals surface area (Å²) >= 11 is 0. The third-order valence-corrected chi connectivity index (χ3v) is 3.28. The average molecular weight is 207 g/mol.